The van der Waals surface area contributed by atoms with Crippen molar-refractivity contribution in [2.45, 2.75) is 5.92 Å². The van der Waals surface area contributed by atoms with Crippen molar-refractivity contribution in [1.29, 1.82) is 0 Å². The third-order valence-corrected chi connectivity index (χ3v) is 22.8. The topological polar surface area (TPSA) is 0 Å². The van der Waals surface area contributed by atoms with Gasteiger partial charge in [0.15, 0.2) is 0 Å². The monoisotopic (exact) mass is 1120 g/mol. The Morgan fingerprint density at radius 1 is 0.260 bits per heavy atom. The van der Waals surface area contributed by atoms with Gasteiger partial charge in [-0.2, -0.15) is 0 Å². The van der Waals surface area contributed by atoms with E-state index in [2.05, 4.69) is 258 Å². The molecule has 0 saturated heterocycles. The fraction of sp³-hybridized carbons (Fsp3) is 0.0746. The minimum Gasteiger partial charge on any atom is -0.0622 e. The number of benzene rings is 10. The number of rotatable bonds is 16. The summed E-state index contributed by atoms with van der Waals surface area (Å²) in [7, 11) is 3.18. The van der Waals surface area contributed by atoms with Gasteiger partial charge in [-0.1, -0.05) is 303 Å². The van der Waals surface area contributed by atoms with Crippen molar-refractivity contribution >= 4 is 83.8 Å². The van der Waals surface area contributed by atoms with Crippen LogP contribution in [0.25, 0.3) is 0 Å². The van der Waals surface area contributed by atoms with Crippen LogP contribution in [0.5, 0.6) is 0 Å². The third kappa shape index (κ3) is 17.2. The van der Waals surface area contributed by atoms with Crippen LogP contribution in [0, 0.1) is 12.3 Å². The van der Waals surface area contributed by atoms with E-state index in [1.165, 1.54) is 67.1 Å². The second kappa shape index (κ2) is 31.9. The van der Waals surface area contributed by atoms with Gasteiger partial charge in [0, 0.05) is 5.92 Å². The van der Waals surface area contributed by atoms with Gasteiger partial charge < -0.3 is 12.3 Å². The van der Waals surface area contributed by atoms with Crippen molar-refractivity contribution in [1.82, 2.24) is 0 Å². The predicted octanol–water partition coefficient (Wildman–Crippen LogP) is 14.6. The summed E-state index contributed by atoms with van der Waals surface area (Å²) >= 11 is 1.82. The molecule has 0 unspecified atom stereocenters. The Morgan fingerprint density at radius 2 is 0.397 bits per heavy atom. The maximum atomic E-state index is 7.38. The van der Waals surface area contributed by atoms with Crippen molar-refractivity contribution in [3.05, 3.63) is 321 Å². The van der Waals surface area contributed by atoms with Crippen LogP contribution in [0.2, 0.25) is 0 Å². The maximum absolute atomic E-state index is 7.38. The first-order chi connectivity index (χ1) is 36.2. The van der Waals surface area contributed by atoms with E-state index in [0.29, 0.717) is 0 Å². The molecule has 10 aromatic carbocycles. The van der Waals surface area contributed by atoms with E-state index >= 15 is 0 Å². The van der Waals surface area contributed by atoms with Gasteiger partial charge in [0.05, 0.1) is 0 Å². The van der Waals surface area contributed by atoms with Crippen molar-refractivity contribution in [3.8, 4) is 5.92 Å². The van der Waals surface area contributed by atoms with Crippen LogP contribution in [-0.4, -0.2) is 24.6 Å². The van der Waals surface area contributed by atoms with Crippen LogP contribution in [0.15, 0.2) is 303 Å². The Morgan fingerprint density at radius 3 is 0.534 bits per heavy atom. The molecule has 0 nitrogen and oxygen atoms in total. The summed E-state index contributed by atoms with van der Waals surface area (Å²) in [4.78, 5) is 0. The molecular formula is C67H59ClP4Ru. The maximum Gasteiger partial charge on any atom is -0.0195 e. The minimum absolute atomic E-state index is 0.0487. The fourth-order valence-electron chi connectivity index (χ4n) is 8.54. The molecule has 73 heavy (non-hydrogen) atoms. The van der Waals surface area contributed by atoms with Crippen LogP contribution < -0.4 is 42.4 Å². The first-order valence-electron chi connectivity index (χ1n) is 24.4. The second-order valence-corrected chi connectivity index (χ2v) is 26.0. The Bertz CT molecular complexity index is 2500. The number of hydrogen-bond donors (Lipinski definition) is 0. The second-order valence-electron chi connectivity index (χ2n) is 16.7. The first-order valence-corrected chi connectivity index (χ1v) is 32.8. The largest absolute Gasteiger partial charge is 0.0622 e. The van der Waals surface area contributed by atoms with Gasteiger partial charge in [-0.15, -0.1) is 0 Å². The smallest absolute Gasteiger partial charge is 0.0195 e. The summed E-state index contributed by atoms with van der Waals surface area (Å²) in [5.74, 6) is 2.54. The fourth-order valence-corrected chi connectivity index (χ4v) is 19.3. The van der Waals surface area contributed by atoms with Crippen LogP contribution >= 0.6 is 41.4 Å². The molecule has 0 spiro atoms. The number of hydrogen-bond acceptors (Lipinski definition) is 0. The van der Waals surface area contributed by atoms with E-state index in [1.54, 1.807) is 0 Å². The Hall–Kier alpha value is -5.61. The summed E-state index contributed by atoms with van der Waals surface area (Å²) < 4.78 is 0. The standard InChI is InChI=1S/2C26H24P2.C15H11.ClH.Ru/c2*1-5-13-23(14-6-1)27(24-15-7-2-8-16-24)21-22-28(25-17-9-3-10-18-25)26-19-11-4-12-20-26;1-2-15(13-9-5-3-6-10-13)14-11-7-4-8-12-14;;/h2*1-20H,21-22H2;3-12,15H;1H;/q;;-1;;+2/p-1. The minimum atomic E-state index is -0.348. The van der Waals surface area contributed by atoms with Gasteiger partial charge in [-0.25, -0.2) is 0 Å². The van der Waals surface area contributed by atoms with E-state index < -0.39 is 0 Å². The van der Waals surface area contributed by atoms with Crippen LogP contribution in [-0.2, 0) is 17.3 Å². The Kier molecular flexibility index (Phi) is 24.1. The Labute approximate surface area is 455 Å². The van der Waals surface area contributed by atoms with Crippen LogP contribution in [0.4, 0.5) is 0 Å². The zero-order chi connectivity index (χ0) is 50.6. The van der Waals surface area contributed by atoms with Crippen LogP contribution in [0.1, 0.15) is 17.0 Å². The zero-order valence-electron chi connectivity index (χ0n) is 40.8. The summed E-state index contributed by atoms with van der Waals surface area (Å²) in [6.45, 7) is 0. The Balaban J connectivity index is 0.000000165. The molecule has 0 radical (unpaired) electrons. The predicted molar refractivity (Wildman–Crippen MR) is 323 cm³/mol. The van der Waals surface area contributed by atoms with Crippen molar-refractivity contribution in [3.63, 3.8) is 0 Å². The van der Waals surface area contributed by atoms with E-state index in [0.717, 1.165) is 11.1 Å². The molecule has 10 rings (SSSR count). The molecule has 0 aliphatic heterocycles. The van der Waals surface area contributed by atoms with Gasteiger partial charge in [0.25, 0.3) is 0 Å². The quantitative estimate of drug-likeness (QED) is 0.0391. The van der Waals surface area contributed by atoms with E-state index in [1.807, 2.05) is 78.0 Å². The molecule has 10 aromatic rings. The first kappa shape index (κ1) is 55.2. The molecule has 0 N–H and O–H groups in total. The molecule has 0 aromatic heterocycles. The molecular weight excluding hydrogens is 1070 g/mol. The number of halogens is 1. The van der Waals surface area contributed by atoms with Crippen molar-refractivity contribution < 1.29 is 17.3 Å². The molecule has 0 aliphatic rings. The molecule has 362 valence electrons. The molecule has 0 aliphatic carbocycles. The summed E-state index contributed by atoms with van der Waals surface area (Å²) in [5, 5.41) is 11.8. The molecule has 0 saturated carbocycles. The van der Waals surface area contributed by atoms with Gasteiger partial charge >= 0.3 is 27.0 Å². The molecule has 6 heteroatoms. The average molecular weight is 1120 g/mol. The molecule has 0 atom stereocenters. The van der Waals surface area contributed by atoms with E-state index in [-0.39, 0.29) is 37.6 Å². The summed E-state index contributed by atoms with van der Waals surface area (Å²) in [6.07, 6.45) is 12.2. The molecule has 0 amide bonds. The van der Waals surface area contributed by atoms with Gasteiger partial charge in [-0.05, 0) is 110 Å². The van der Waals surface area contributed by atoms with Gasteiger partial charge in [-0.3, -0.25) is 0 Å². The van der Waals surface area contributed by atoms with Gasteiger partial charge in [0.1, 0.15) is 0 Å². The van der Waals surface area contributed by atoms with Crippen molar-refractivity contribution in [2.24, 2.45) is 0 Å². The van der Waals surface area contributed by atoms with Crippen molar-refractivity contribution in [2.75, 3.05) is 24.6 Å². The SMILES string of the molecule is [C-]#CC(c1ccccc1)c1ccccc1.[Cl][Ru+].c1ccc(P(CCP(c2ccccc2)c2ccccc2)c2ccccc2)cc1.c1ccc(P(CCP(c2ccccc2)c2ccccc2)c2ccccc2)cc1. The zero-order valence-corrected chi connectivity index (χ0v) is 46.9. The molecule has 0 bridgehead atoms. The van der Waals surface area contributed by atoms with E-state index in [4.69, 9.17) is 6.42 Å². The molecule has 0 heterocycles. The summed E-state index contributed by atoms with van der Waals surface area (Å²) in [6, 6.07) is 108. The summed E-state index contributed by atoms with van der Waals surface area (Å²) in [5.41, 5.74) is 2.22. The van der Waals surface area contributed by atoms with Crippen LogP contribution in [0.3, 0.4) is 0 Å². The third-order valence-electron chi connectivity index (χ3n) is 12.0. The normalized spacial score (nSPS) is 10.6. The van der Waals surface area contributed by atoms with E-state index in [9.17, 15) is 0 Å². The van der Waals surface area contributed by atoms with Gasteiger partial charge in [0.2, 0.25) is 0 Å². The molecule has 0 fully saturated rings. The average Bonchev–Trinajstić information content (AvgIpc) is 3.49.